The van der Waals surface area contributed by atoms with Crippen molar-refractivity contribution in [3.05, 3.63) is 40.3 Å². The van der Waals surface area contributed by atoms with E-state index in [2.05, 4.69) is 163 Å². The molecule has 0 heterocycles. The SMILES string of the molecule is C=CCCCCCC[SiH](C)C.CCB(CC)CC.CCB(CC)CC.CCB(CC)CCCCCCCC[SiH](C)C.CC[B]CC.CSC.CSC.[B].[CH2-]C.[CH2-]C.[CH2-]CCCCCCC[SiH](C)C.[CH2-]CCCCCCC[SiH](C)C.[Zn+2].[Zn+2]. The van der Waals surface area contributed by atoms with E-state index in [-0.39, 0.29) is 82.6 Å². The molecule has 482 valence electrons. The summed E-state index contributed by atoms with van der Waals surface area (Å²) in [5.74, 6) is 0. The van der Waals surface area contributed by atoms with E-state index in [1.807, 2.05) is 31.1 Å². The van der Waals surface area contributed by atoms with Gasteiger partial charge in [0.2, 0.25) is 0 Å². The zero-order chi connectivity index (χ0) is 62.7. The third-order valence-electron chi connectivity index (χ3n) is 13.8. The molecule has 0 saturated carbocycles. The van der Waals surface area contributed by atoms with Gasteiger partial charge in [0.15, 0.2) is 0 Å². The zero-order valence-electron chi connectivity index (χ0n) is 62.4. The van der Waals surface area contributed by atoms with Crippen molar-refractivity contribution in [2.75, 3.05) is 25.0 Å². The van der Waals surface area contributed by atoms with Crippen LogP contribution in [0.1, 0.15) is 231 Å². The van der Waals surface area contributed by atoms with Gasteiger partial charge in [-0.25, -0.2) is 0 Å². The van der Waals surface area contributed by atoms with Gasteiger partial charge in [0, 0.05) is 43.6 Å². The first-order valence-electron chi connectivity index (χ1n) is 34.7. The van der Waals surface area contributed by atoms with Crippen LogP contribution in [0.15, 0.2) is 12.7 Å². The molecule has 0 spiro atoms. The van der Waals surface area contributed by atoms with Gasteiger partial charge in [-0.05, 0) is 37.9 Å². The van der Waals surface area contributed by atoms with Crippen molar-refractivity contribution in [1.29, 1.82) is 0 Å². The van der Waals surface area contributed by atoms with Crippen LogP contribution in [0, 0.1) is 27.7 Å². The van der Waals surface area contributed by atoms with Crippen molar-refractivity contribution in [3.8, 4) is 0 Å². The van der Waals surface area contributed by atoms with Crippen LogP contribution in [0.5, 0.6) is 0 Å². The van der Waals surface area contributed by atoms with Crippen molar-refractivity contribution >= 4 is 94.5 Å². The largest absolute Gasteiger partial charge is 2.00 e. The molecular formula is C68H163B5S2Si4Zn2. The predicted molar refractivity (Wildman–Crippen MR) is 421 cm³/mol. The van der Waals surface area contributed by atoms with Gasteiger partial charge in [0.05, 0.1) is 0 Å². The molecule has 0 aliphatic rings. The summed E-state index contributed by atoms with van der Waals surface area (Å²) in [6, 6.07) is 6.19. The second-order valence-electron chi connectivity index (χ2n) is 23.2. The Morgan fingerprint density at radius 2 is 0.556 bits per heavy atom. The summed E-state index contributed by atoms with van der Waals surface area (Å²) in [5, 5.41) is 0. The van der Waals surface area contributed by atoms with E-state index in [1.54, 1.807) is 55.5 Å². The van der Waals surface area contributed by atoms with Crippen LogP contribution in [0.25, 0.3) is 0 Å². The Morgan fingerprint density at radius 1 is 0.358 bits per heavy atom. The number of unbranched alkanes of at least 4 members (excludes halogenated alkanes) is 19. The number of allylic oxidation sites excluding steroid dienone is 1. The first-order chi connectivity index (χ1) is 37.4. The third-order valence-corrected chi connectivity index (χ3v) is 20.1. The van der Waals surface area contributed by atoms with Crippen molar-refractivity contribution < 1.29 is 39.0 Å². The molecular weight excluding hydrogens is 1180 g/mol. The number of hydrogen-bond acceptors (Lipinski definition) is 2. The Bertz CT molecular complexity index is 790. The molecule has 81 heavy (non-hydrogen) atoms. The standard InChI is InChI=1S/C14H33BSi.2C10H23Si.C10H22Si.2C6H15B.C4H10B.2C2H6S.2C2H5.B.2Zn/c1-5-15(6-2)13-11-9-7-8-10-12-14-16(3)4;3*1-4-5-6-7-8-9-10-11(2)3;2*1-4-7(5-2)6-3;1-3-5-4-2;2*1-3-2;2*1-2;;;/h16H,5-14H2,1-4H3;2*11H,1,4-10H2,2-3H3;4,11H,1,5-10H2,2-3H3;2*4-6H2,1-3H3;3-4H2,1-2H3;2*1-2H3;2*1H2,2H3;;;/q;2*-1;;;;;;;2*-1;;2*+2. The molecule has 0 aromatic rings. The normalized spacial score (nSPS) is 9.19. The van der Waals surface area contributed by atoms with Crippen molar-refractivity contribution in [2.24, 2.45) is 0 Å². The molecule has 0 bridgehead atoms. The first kappa shape index (κ1) is 118. The summed E-state index contributed by atoms with van der Waals surface area (Å²) >= 11 is 3.50. The second kappa shape index (κ2) is 128. The zero-order valence-corrected chi connectivity index (χ0v) is 74.6. The van der Waals surface area contributed by atoms with Gasteiger partial charge in [0.25, 0.3) is 0 Å². The van der Waals surface area contributed by atoms with E-state index in [0.29, 0.717) is 0 Å². The van der Waals surface area contributed by atoms with Gasteiger partial charge in [-0.3, -0.25) is 0 Å². The molecule has 0 aromatic heterocycles. The average molecular weight is 1340 g/mol. The quantitative estimate of drug-likeness (QED) is 0.0260. The van der Waals surface area contributed by atoms with E-state index in [1.165, 1.54) is 210 Å². The van der Waals surface area contributed by atoms with Crippen LogP contribution in [-0.4, -0.2) is 96.0 Å². The number of rotatable bonds is 40. The molecule has 0 rings (SSSR count). The third kappa shape index (κ3) is 174. The fraction of sp³-hybridized carbons (Fsp3) is 0.912. The fourth-order valence-corrected chi connectivity index (χ4v) is 12.5. The van der Waals surface area contributed by atoms with E-state index >= 15 is 0 Å². The van der Waals surface area contributed by atoms with Crippen LogP contribution >= 0.6 is 23.5 Å². The molecule has 0 aliphatic carbocycles. The van der Waals surface area contributed by atoms with Gasteiger partial charge in [-0.1, -0.05) is 343 Å². The van der Waals surface area contributed by atoms with Crippen LogP contribution in [-0.2, 0) is 39.0 Å². The van der Waals surface area contributed by atoms with Gasteiger partial charge < -0.3 is 27.7 Å². The molecule has 0 aromatic carbocycles. The number of hydrogen-bond donors (Lipinski definition) is 0. The molecule has 0 unspecified atom stereocenters. The Morgan fingerprint density at radius 3 is 0.716 bits per heavy atom. The minimum Gasteiger partial charge on any atom is -0.346 e. The van der Waals surface area contributed by atoms with E-state index < -0.39 is 0 Å². The first-order valence-corrected chi connectivity index (χ1v) is 50.4. The minimum atomic E-state index is -0.258. The van der Waals surface area contributed by atoms with E-state index in [9.17, 15) is 0 Å². The minimum absolute atomic E-state index is 0. The van der Waals surface area contributed by atoms with Crippen molar-refractivity contribution in [1.82, 2.24) is 0 Å². The molecule has 0 amide bonds. The second-order valence-corrected chi connectivity index (χ2v) is 38.3. The van der Waals surface area contributed by atoms with Crippen LogP contribution in [0.2, 0.25) is 146 Å². The molecule has 0 atom stereocenters. The summed E-state index contributed by atoms with van der Waals surface area (Å²) in [4.78, 5) is 0. The summed E-state index contributed by atoms with van der Waals surface area (Å²) in [7, 11) is 1.26. The van der Waals surface area contributed by atoms with Crippen molar-refractivity contribution in [3.63, 3.8) is 0 Å². The van der Waals surface area contributed by atoms with Gasteiger partial charge >= 0.3 is 39.0 Å². The Hall–Kier alpha value is 2.88. The Balaban J connectivity index is -0.0000000531. The molecule has 13 heteroatoms. The summed E-state index contributed by atoms with van der Waals surface area (Å²) in [6.07, 6.45) is 57.3. The maximum atomic E-state index is 3.84. The molecule has 0 nitrogen and oxygen atoms in total. The Kier molecular flexibility index (Phi) is 186. The van der Waals surface area contributed by atoms with Crippen LogP contribution < -0.4 is 0 Å². The van der Waals surface area contributed by atoms with Gasteiger partial charge in [-0.2, -0.15) is 50.2 Å². The summed E-state index contributed by atoms with van der Waals surface area (Å²) in [6.45, 7) is 66.5. The predicted octanol–water partition coefficient (Wildman–Crippen LogP) is 26.2. The molecule has 0 saturated heterocycles. The van der Waals surface area contributed by atoms with Gasteiger partial charge in [0.1, 0.15) is 27.4 Å². The fourth-order valence-electron chi connectivity index (χ4n) is 8.12. The van der Waals surface area contributed by atoms with Crippen LogP contribution in [0.3, 0.4) is 0 Å². The molecule has 0 fully saturated rings. The summed E-state index contributed by atoms with van der Waals surface area (Å²) < 4.78 is 0. The Labute approximate surface area is 570 Å². The van der Waals surface area contributed by atoms with Crippen molar-refractivity contribution in [2.45, 2.75) is 377 Å². The van der Waals surface area contributed by atoms with Crippen LogP contribution in [0.4, 0.5) is 0 Å². The smallest absolute Gasteiger partial charge is 0.346 e. The van der Waals surface area contributed by atoms with Gasteiger partial charge in [-0.15, -0.1) is 6.58 Å². The maximum absolute atomic E-state index is 3.84. The average Bonchev–Trinajstić information content (AvgIpc) is 3.42. The topological polar surface area (TPSA) is 0 Å². The molecule has 0 aliphatic heterocycles. The maximum Gasteiger partial charge on any atom is 2.00 e. The monoisotopic (exact) mass is 1340 g/mol. The molecule has 0 N–H and O–H groups in total. The molecule has 4 radical (unpaired) electrons. The number of thioether (sulfide) groups is 2. The van der Waals surface area contributed by atoms with E-state index in [4.69, 9.17) is 0 Å². The van der Waals surface area contributed by atoms with E-state index in [0.717, 1.165) is 33.0 Å². The summed E-state index contributed by atoms with van der Waals surface area (Å²) in [5.41, 5.74) is 0.